The maximum atomic E-state index is 11.9. The van der Waals surface area contributed by atoms with Crippen LogP contribution in [-0.4, -0.2) is 41.3 Å². The van der Waals surface area contributed by atoms with E-state index in [2.05, 4.69) is 10.4 Å². The van der Waals surface area contributed by atoms with Crippen LogP contribution in [0.3, 0.4) is 0 Å². The smallest absolute Gasteiger partial charge is 0.383 e. The van der Waals surface area contributed by atoms with Crippen LogP contribution in [0.5, 0.6) is 0 Å². The number of hydrogen-bond donors (Lipinski definition) is 1. The van der Waals surface area contributed by atoms with Gasteiger partial charge in [-0.2, -0.15) is 18.3 Å². The molecule has 0 radical (unpaired) electrons. The molecule has 4 nitrogen and oxygen atoms in total. The van der Waals surface area contributed by atoms with Crippen molar-refractivity contribution >= 4 is 11.8 Å². The molecule has 0 aliphatic carbocycles. The van der Waals surface area contributed by atoms with Crippen molar-refractivity contribution in [2.45, 2.75) is 18.6 Å². The predicted molar refractivity (Wildman–Crippen MR) is 64.3 cm³/mol. The second kappa shape index (κ2) is 7.65. The highest BCUT2D eigenvalue weighted by atomic mass is 32.2. The highest BCUT2D eigenvalue weighted by molar-refractivity contribution is 8.00. The van der Waals surface area contributed by atoms with E-state index in [4.69, 9.17) is 4.74 Å². The van der Waals surface area contributed by atoms with Crippen molar-refractivity contribution in [3.63, 3.8) is 0 Å². The summed E-state index contributed by atoms with van der Waals surface area (Å²) in [5, 5.41) is 7.13. The first-order valence-corrected chi connectivity index (χ1v) is 6.41. The zero-order valence-electron chi connectivity index (χ0n) is 10.0. The van der Waals surface area contributed by atoms with Gasteiger partial charge in [0.1, 0.15) is 0 Å². The van der Waals surface area contributed by atoms with Gasteiger partial charge in [-0.1, -0.05) is 0 Å². The van der Waals surface area contributed by atoms with E-state index in [-0.39, 0.29) is 24.1 Å². The molecule has 0 bridgehead atoms. The van der Waals surface area contributed by atoms with E-state index >= 15 is 0 Å². The van der Waals surface area contributed by atoms with Gasteiger partial charge in [-0.25, -0.2) is 0 Å². The van der Waals surface area contributed by atoms with Crippen LogP contribution in [0.2, 0.25) is 0 Å². The summed E-state index contributed by atoms with van der Waals surface area (Å²) in [5.74, 6) is -0.0261. The number of aryl methyl sites for hydroxylation is 1. The molecule has 0 aliphatic heterocycles. The Morgan fingerprint density at radius 2 is 2.28 bits per heavy atom. The number of ether oxygens (including phenoxy) is 1. The van der Waals surface area contributed by atoms with Gasteiger partial charge in [-0.3, -0.25) is 4.68 Å². The van der Waals surface area contributed by atoms with Crippen LogP contribution in [0.25, 0.3) is 0 Å². The molecule has 8 heteroatoms. The Bertz CT molecular complexity index is 343. The molecule has 104 valence electrons. The lowest BCUT2D eigenvalue weighted by molar-refractivity contribution is -0.0328. The second-order valence-corrected chi connectivity index (χ2v) is 4.74. The minimum absolute atomic E-state index is 0.0261. The number of methoxy groups -OCH3 is 1. The Kier molecular flexibility index (Phi) is 6.51. The number of rotatable bonds is 8. The van der Waals surface area contributed by atoms with Crippen LogP contribution in [0.4, 0.5) is 13.2 Å². The molecule has 0 saturated heterocycles. The van der Waals surface area contributed by atoms with Gasteiger partial charge in [0.2, 0.25) is 0 Å². The van der Waals surface area contributed by atoms with Gasteiger partial charge in [0.15, 0.2) is 0 Å². The lowest BCUT2D eigenvalue weighted by atomic mass is 10.3. The Morgan fingerprint density at radius 3 is 2.94 bits per heavy atom. The van der Waals surface area contributed by atoms with E-state index in [1.54, 1.807) is 19.5 Å². The Hall–Kier alpha value is -0.730. The van der Waals surface area contributed by atoms with Gasteiger partial charge in [-0.05, 0) is 11.8 Å². The fourth-order valence-electron chi connectivity index (χ4n) is 1.28. The van der Waals surface area contributed by atoms with Crippen molar-refractivity contribution < 1.29 is 17.9 Å². The first-order valence-electron chi connectivity index (χ1n) is 5.43. The number of thioether (sulfide) groups is 1. The minimum Gasteiger partial charge on any atom is -0.383 e. The van der Waals surface area contributed by atoms with Gasteiger partial charge < -0.3 is 10.1 Å². The van der Waals surface area contributed by atoms with Crippen LogP contribution in [0, 0.1) is 0 Å². The standard InChI is InChI=1S/C10H16F3N3OS/c1-17-4-2-14-6-9-7-15-16(8-9)3-5-18-10(11,12)13/h7-8,14H,2-6H2,1H3. The van der Waals surface area contributed by atoms with Crippen LogP contribution < -0.4 is 5.32 Å². The molecule has 0 aromatic carbocycles. The number of nitrogens with one attached hydrogen (secondary N) is 1. The zero-order valence-corrected chi connectivity index (χ0v) is 10.9. The summed E-state index contributed by atoms with van der Waals surface area (Å²) in [5.41, 5.74) is -3.22. The largest absolute Gasteiger partial charge is 0.441 e. The summed E-state index contributed by atoms with van der Waals surface area (Å²) >= 11 is -0.0309. The highest BCUT2D eigenvalue weighted by Gasteiger charge is 2.27. The molecule has 18 heavy (non-hydrogen) atoms. The predicted octanol–water partition coefficient (Wildman–Crippen LogP) is 1.87. The SMILES string of the molecule is COCCNCc1cnn(CCSC(F)(F)F)c1. The number of alkyl halides is 3. The van der Waals surface area contributed by atoms with E-state index in [1.165, 1.54) is 4.68 Å². The van der Waals surface area contributed by atoms with E-state index in [0.29, 0.717) is 13.2 Å². The number of aromatic nitrogens is 2. The monoisotopic (exact) mass is 283 g/mol. The van der Waals surface area contributed by atoms with E-state index in [1.807, 2.05) is 0 Å². The molecule has 0 fully saturated rings. The van der Waals surface area contributed by atoms with E-state index in [9.17, 15) is 13.2 Å². The summed E-state index contributed by atoms with van der Waals surface area (Å²) in [6.07, 6.45) is 3.40. The van der Waals surface area contributed by atoms with Gasteiger partial charge in [0, 0.05) is 37.7 Å². The molecular formula is C10H16F3N3OS. The molecule has 0 amide bonds. The lowest BCUT2D eigenvalue weighted by Gasteiger charge is -2.05. The fraction of sp³-hybridized carbons (Fsp3) is 0.700. The van der Waals surface area contributed by atoms with Crippen molar-refractivity contribution in [3.8, 4) is 0 Å². The van der Waals surface area contributed by atoms with Gasteiger partial charge in [-0.15, -0.1) is 0 Å². The molecule has 0 unspecified atom stereocenters. The first kappa shape index (κ1) is 15.3. The molecule has 1 aromatic heterocycles. The summed E-state index contributed by atoms with van der Waals surface area (Å²) in [7, 11) is 1.62. The Labute approximate surface area is 108 Å². The third-order valence-electron chi connectivity index (χ3n) is 2.08. The zero-order chi connectivity index (χ0) is 13.4. The van der Waals surface area contributed by atoms with Crippen LogP contribution in [0.15, 0.2) is 12.4 Å². The second-order valence-electron chi connectivity index (χ2n) is 3.58. The lowest BCUT2D eigenvalue weighted by Crippen LogP contribution is -2.18. The average molecular weight is 283 g/mol. The Balaban J connectivity index is 2.21. The van der Waals surface area contributed by atoms with Crippen LogP contribution in [-0.2, 0) is 17.8 Å². The number of nitrogens with zero attached hydrogens (tertiary/aromatic N) is 2. The quantitative estimate of drug-likeness (QED) is 0.739. The van der Waals surface area contributed by atoms with Crippen molar-refractivity contribution in [2.24, 2.45) is 0 Å². The molecule has 0 aliphatic rings. The van der Waals surface area contributed by atoms with E-state index < -0.39 is 5.51 Å². The number of halogens is 3. The summed E-state index contributed by atoms with van der Waals surface area (Å²) in [6, 6.07) is 0. The molecule has 1 N–H and O–H groups in total. The minimum atomic E-state index is -4.17. The first-order chi connectivity index (χ1) is 8.51. The molecule has 1 heterocycles. The van der Waals surface area contributed by atoms with Crippen LogP contribution >= 0.6 is 11.8 Å². The van der Waals surface area contributed by atoms with Crippen molar-refractivity contribution in [1.82, 2.24) is 15.1 Å². The van der Waals surface area contributed by atoms with Crippen molar-refractivity contribution in [2.75, 3.05) is 26.0 Å². The normalized spacial score (nSPS) is 12.0. The Morgan fingerprint density at radius 1 is 1.50 bits per heavy atom. The summed E-state index contributed by atoms with van der Waals surface area (Å²) < 4.78 is 42.1. The third-order valence-corrected chi connectivity index (χ3v) is 2.80. The molecule has 1 rings (SSSR count). The molecule has 1 aromatic rings. The fourth-order valence-corrected chi connectivity index (χ4v) is 1.79. The van der Waals surface area contributed by atoms with E-state index in [0.717, 1.165) is 12.1 Å². The van der Waals surface area contributed by atoms with Gasteiger partial charge in [0.05, 0.1) is 19.3 Å². The molecule has 0 saturated carbocycles. The van der Waals surface area contributed by atoms with Crippen molar-refractivity contribution in [1.29, 1.82) is 0 Å². The van der Waals surface area contributed by atoms with Crippen molar-refractivity contribution in [3.05, 3.63) is 18.0 Å². The average Bonchev–Trinajstić information content (AvgIpc) is 2.71. The number of hydrogen-bond acceptors (Lipinski definition) is 4. The molecule has 0 spiro atoms. The topological polar surface area (TPSA) is 39.1 Å². The van der Waals surface area contributed by atoms with Crippen LogP contribution in [0.1, 0.15) is 5.56 Å². The maximum Gasteiger partial charge on any atom is 0.441 e. The third kappa shape index (κ3) is 6.87. The summed E-state index contributed by atoms with van der Waals surface area (Å²) in [6.45, 7) is 2.24. The highest BCUT2D eigenvalue weighted by Crippen LogP contribution is 2.29. The van der Waals surface area contributed by atoms with Gasteiger partial charge >= 0.3 is 5.51 Å². The maximum absolute atomic E-state index is 11.9. The summed E-state index contributed by atoms with van der Waals surface area (Å²) in [4.78, 5) is 0. The van der Waals surface area contributed by atoms with Gasteiger partial charge in [0.25, 0.3) is 0 Å². The molecule has 0 atom stereocenters. The molecular weight excluding hydrogens is 267 g/mol.